The highest BCUT2D eigenvalue weighted by molar-refractivity contribution is 5.86. The fraction of sp³-hybridized carbons (Fsp3) is 0.300. The van der Waals surface area contributed by atoms with Crippen LogP contribution in [0.4, 0.5) is 0 Å². The molecule has 1 heterocycles. The third-order valence-corrected chi connectivity index (χ3v) is 4.27. The van der Waals surface area contributed by atoms with Gasteiger partial charge >= 0.3 is 5.97 Å². The number of ether oxygens (including phenoxy) is 1. The Bertz CT molecular complexity index is 709. The van der Waals surface area contributed by atoms with Gasteiger partial charge in [0.1, 0.15) is 6.61 Å². The predicted octanol–water partition coefficient (Wildman–Crippen LogP) is 3.09. The molecule has 1 saturated heterocycles. The van der Waals surface area contributed by atoms with Crippen LogP contribution in [0, 0.1) is 12.8 Å². The third-order valence-electron chi connectivity index (χ3n) is 4.27. The monoisotopic (exact) mass is 323 g/mol. The molecule has 0 saturated carbocycles. The lowest BCUT2D eigenvalue weighted by Crippen LogP contribution is -2.26. The second-order valence-corrected chi connectivity index (χ2v) is 6.25. The van der Waals surface area contributed by atoms with Gasteiger partial charge in [-0.05, 0) is 18.1 Å². The Hall–Kier alpha value is -2.62. The second-order valence-electron chi connectivity index (χ2n) is 6.25. The van der Waals surface area contributed by atoms with Crippen molar-refractivity contribution in [3.63, 3.8) is 0 Å². The molecule has 3 rings (SSSR count). The number of likely N-dealkylation sites (tertiary alicyclic amines) is 1. The van der Waals surface area contributed by atoms with Crippen LogP contribution in [-0.4, -0.2) is 23.3 Å². The lowest BCUT2D eigenvalue weighted by molar-refractivity contribution is -0.149. The van der Waals surface area contributed by atoms with Crippen LogP contribution in [-0.2, 0) is 27.5 Å². The van der Waals surface area contributed by atoms with Crippen LogP contribution in [0.15, 0.2) is 54.6 Å². The van der Waals surface area contributed by atoms with Gasteiger partial charge in [-0.3, -0.25) is 9.59 Å². The number of esters is 1. The van der Waals surface area contributed by atoms with Crippen molar-refractivity contribution in [1.82, 2.24) is 4.90 Å². The molecule has 124 valence electrons. The summed E-state index contributed by atoms with van der Waals surface area (Å²) < 4.78 is 5.38. The van der Waals surface area contributed by atoms with Crippen LogP contribution in [0.5, 0.6) is 0 Å². The van der Waals surface area contributed by atoms with Crippen molar-refractivity contribution in [2.75, 3.05) is 6.54 Å². The van der Waals surface area contributed by atoms with Gasteiger partial charge < -0.3 is 9.64 Å². The number of carbonyl (C=O) groups is 2. The number of hydrogen-bond donors (Lipinski definition) is 0. The molecule has 0 N–H and O–H groups in total. The Kier molecular flexibility index (Phi) is 4.94. The van der Waals surface area contributed by atoms with Gasteiger partial charge in [0.15, 0.2) is 0 Å². The van der Waals surface area contributed by atoms with E-state index in [1.54, 1.807) is 4.90 Å². The van der Waals surface area contributed by atoms with Gasteiger partial charge in [-0.15, -0.1) is 0 Å². The summed E-state index contributed by atoms with van der Waals surface area (Å²) in [5.74, 6) is -0.651. The molecule has 4 heteroatoms. The van der Waals surface area contributed by atoms with Crippen LogP contribution in [0.3, 0.4) is 0 Å². The number of nitrogens with zero attached hydrogens (tertiary/aromatic N) is 1. The zero-order valence-corrected chi connectivity index (χ0v) is 13.8. The van der Waals surface area contributed by atoms with Gasteiger partial charge in [-0.2, -0.15) is 0 Å². The van der Waals surface area contributed by atoms with Gasteiger partial charge in [0, 0.05) is 19.5 Å². The molecule has 4 nitrogen and oxygen atoms in total. The first kappa shape index (κ1) is 16.2. The highest BCUT2D eigenvalue weighted by Crippen LogP contribution is 2.22. The van der Waals surface area contributed by atoms with E-state index in [-0.39, 0.29) is 30.8 Å². The fourth-order valence-electron chi connectivity index (χ4n) is 2.84. The van der Waals surface area contributed by atoms with Crippen molar-refractivity contribution in [2.45, 2.75) is 26.5 Å². The smallest absolute Gasteiger partial charge is 0.311 e. The van der Waals surface area contributed by atoms with Crippen molar-refractivity contribution in [3.05, 3.63) is 71.3 Å². The summed E-state index contributed by atoms with van der Waals surface area (Å²) in [4.78, 5) is 26.1. The Morgan fingerprint density at radius 3 is 2.50 bits per heavy atom. The minimum absolute atomic E-state index is 0.0103. The van der Waals surface area contributed by atoms with Crippen LogP contribution < -0.4 is 0 Å². The molecule has 0 aromatic heterocycles. The normalized spacial score (nSPS) is 17.1. The molecular weight excluding hydrogens is 302 g/mol. The van der Waals surface area contributed by atoms with E-state index in [0.29, 0.717) is 13.1 Å². The lowest BCUT2D eigenvalue weighted by atomic mass is 10.1. The number of aryl methyl sites for hydroxylation is 1. The van der Waals surface area contributed by atoms with Crippen LogP contribution >= 0.6 is 0 Å². The maximum absolute atomic E-state index is 12.2. The summed E-state index contributed by atoms with van der Waals surface area (Å²) >= 11 is 0. The Balaban J connectivity index is 1.53. The van der Waals surface area contributed by atoms with Crippen molar-refractivity contribution >= 4 is 11.9 Å². The molecule has 1 aliphatic rings. The van der Waals surface area contributed by atoms with Crippen LogP contribution in [0.2, 0.25) is 0 Å². The SMILES string of the molecule is Cc1ccc(COC(=O)[C@H]2CC(=O)N(Cc3ccccc3)C2)cc1. The summed E-state index contributed by atoms with van der Waals surface area (Å²) in [6, 6.07) is 17.7. The van der Waals surface area contributed by atoms with E-state index in [2.05, 4.69) is 0 Å². The summed E-state index contributed by atoms with van der Waals surface area (Å²) in [6.07, 6.45) is 0.236. The standard InChI is InChI=1S/C20H21NO3/c1-15-7-9-17(10-8-15)14-24-20(23)18-11-19(22)21(13-18)12-16-5-3-2-4-6-16/h2-10,18H,11-14H2,1H3/t18-/m0/s1. The molecule has 2 aromatic rings. The number of amides is 1. The van der Waals surface area contributed by atoms with Crippen LogP contribution in [0.1, 0.15) is 23.1 Å². The Morgan fingerprint density at radius 1 is 1.08 bits per heavy atom. The van der Waals surface area contributed by atoms with Gasteiger partial charge in [0.05, 0.1) is 5.92 Å². The van der Waals surface area contributed by atoms with Crippen molar-refractivity contribution in [2.24, 2.45) is 5.92 Å². The molecule has 0 bridgehead atoms. The maximum Gasteiger partial charge on any atom is 0.311 e. The van der Waals surface area contributed by atoms with E-state index in [4.69, 9.17) is 4.74 Å². The molecule has 1 amide bonds. The second kappa shape index (κ2) is 7.30. The van der Waals surface area contributed by atoms with Gasteiger partial charge in [-0.25, -0.2) is 0 Å². The van der Waals surface area contributed by atoms with E-state index in [1.807, 2.05) is 61.5 Å². The number of benzene rings is 2. The number of carbonyl (C=O) groups excluding carboxylic acids is 2. The largest absolute Gasteiger partial charge is 0.461 e. The Morgan fingerprint density at radius 2 is 1.79 bits per heavy atom. The zero-order valence-electron chi connectivity index (χ0n) is 13.8. The van der Waals surface area contributed by atoms with Crippen LogP contribution in [0.25, 0.3) is 0 Å². The molecule has 0 unspecified atom stereocenters. The summed E-state index contributed by atoms with van der Waals surface area (Å²) in [5, 5.41) is 0. The zero-order chi connectivity index (χ0) is 16.9. The van der Waals surface area contributed by atoms with E-state index in [1.165, 1.54) is 5.56 Å². The minimum atomic E-state index is -0.369. The number of hydrogen-bond acceptors (Lipinski definition) is 3. The van der Waals surface area contributed by atoms with Gasteiger partial charge in [0.2, 0.25) is 5.91 Å². The first-order chi connectivity index (χ1) is 11.6. The van der Waals surface area contributed by atoms with Crippen molar-refractivity contribution in [3.8, 4) is 0 Å². The summed E-state index contributed by atoms with van der Waals surface area (Å²) in [5.41, 5.74) is 3.20. The topological polar surface area (TPSA) is 46.6 Å². The molecule has 0 radical (unpaired) electrons. The van der Waals surface area contributed by atoms with E-state index >= 15 is 0 Å². The summed E-state index contributed by atoms with van der Waals surface area (Å²) in [7, 11) is 0. The Labute approximate surface area is 142 Å². The van der Waals surface area contributed by atoms with Crippen molar-refractivity contribution < 1.29 is 14.3 Å². The molecule has 1 atom stereocenters. The average Bonchev–Trinajstić information content (AvgIpc) is 2.96. The lowest BCUT2D eigenvalue weighted by Gasteiger charge is -2.16. The first-order valence-corrected chi connectivity index (χ1v) is 8.15. The molecular formula is C20H21NO3. The predicted molar refractivity (Wildman–Crippen MR) is 90.9 cm³/mol. The maximum atomic E-state index is 12.2. The van der Waals surface area contributed by atoms with E-state index < -0.39 is 0 Å². The van der Waals surface area contributed by atoms with Gasteiger partial charge in [0.25, 0.3) is 0 Å². The quantitative estimate of drug-likeness (QED) is 0.795. The molecule has 24 heavy (non-hydrogen) atoms. The fourth-order valence-corrected chi connectivity index (χ4v) is 2.84. The van der Waals surface area contributed by atoms with E-state index in [9.17, 15) is 9.59 Å². The molecule has 1 fully saturated rings. The average molecular weight is 323 g/mol. The van der Waals surface area contributed by atoms with Crippen molar-refractivity contribution in [1.29, 1.82) is 0 Å². The highest BCUT2D eigenvalue weighted by atomic mass is 16.5. The third kappa shape index (κ3) is 4.02. The highest BCUT2D eigenvalue weighted by Gasteiger charge is 2.35. The summed E-state index contributed by atoms with van der Waals surface area (Å²) in [6.45, 7) is 3.24. The molecule has 2 aromatic carbocycles. The molecule has 0 spiro atoms. The van der Waals surface area contributed by atoms with E-state index in [0.717, 1.165) is 11.1 Å². The number of rotatable bonds is 5. The molecule has 0 aliphatic carbocycles. The van der Waals surface area contributed by atoms with Gasteiger partial charge in [-0.1, -0.05) is 60.2 Å². The molecule has 1 aliphatic heterocycles. The minimum Gasteiger partial charge on any atom is -0.461 e. The first-order valence-electron chi connectivity index (χ1n) is 8.15.